The van der Waals surface area contributed by atoms with E-state index in [0.29, 0.717) is 6.54 Å². The minimum absolute atomic E-state index is 0.00189. The van der Waals surface area contributed by atoms with E-state index in [1.165, 1.54) is 0 Å². The minimum Gasteiger partial charge on any atom is -0.355 e. The first kappa shape index (κ1) is 19.1. The first-order valence-corrected chi connectivity index (χ1v) is 10.1. The number of anilines is 1. The van der Waals surface area contributed by atoms with E-state index in [1.807, 2.05) is 49.4 Å². The first-order chi connectivity index (χ1) is 12.4. The van der Waals surface area contributed by atoms with Gasteiger partial charge in [0.15, 0.2) is 0 Å². The van der Waals surface area contributed by atoms with Gasteiger partial charge in [-0.1, -0.05) is 50.1 Å². The number of carbonyl (C=O) groups is 2. The van der Waals surface area contributed by atoms with Crippen molar-refractivity contribution in [3.05, 3.63) is 62.5 Å². The van der Waals surface area contributed by atoms with Crippen LogP contribution < -0.4 is 10.6 Å². The molecule has 0 atom stereocenters. The molecule has 1 aliphatic rings. The largest absolute Gasteiger partial charge is 0.355 e. The second-order valence-electron chi connectivity index (χ2n) is 6.61. The van der Waals surface area contributed by atoms with Gasteiger partial charge in [0.25, 0.3) is 0 Å². The summed E-state index contributed by atoms with van der Waals surface area (Å²) in [5, 5.41) is 5.81. The summed E-state index contributed by atoms with van der Waals surface area (Å²) in [6, 6.07) is 13.6. The van der Waals surface area contributed by atoms with Gasteiger partial charge >= 0.3 is 0 Å². The Hall–Kier alpha value is -1.66. The summed E-state index contributed by atoms with van der Waals surface area (Å²) in [5.41, 5.74) is 2.38. The molecule has 0 heterocycles. The number of hydrogen-bond donors (Lipinski definition) is 2. The molecule has 0 unspecified atom stereocenters. The van der Waals surface area contributed by atoms with E-state index in [-0.39, 0.29) is 18.2 Å². The van der Waals surface area contributed by atoms with E-state index in [0.717, 1.165) is 38.6 Å². The molecular weight excluding hydrogens is 460 g/mol. The van der Waals surface area contributed by atoms with Crippen LogP contribution in [0, 0.1) is 6.92 Å². The highest BCUT2D eigenvalue weighted by molar-refractivity contribution is 9.10. The third-order valence-corrected chi connectivity index (χ3v) is 5.66. The molecule has 0 saturated heterocycles. The number of carbonyl (C=O) groups excluding carboxylic acids is 2. The van der Waals surface area contributed by atoms with Crippen LogP contribution in [0.15, 0.2) is 51.4 Å². The van der Waals surface area contributed by atoms with E-state index in [2.05, 4.69) is 42.5 Å². The lowest BCUT2D eigenvalue weighted by Crippen LogP contribution is -2.36. The lowest BCUT2D eigenvalue weighted by Gasteiger charge is -2.16. The molecule has 1 aliphatic carbocycles. The molecule has 1 fully saturated rings. The van der Waals surface area contributed by atoms with Gasteiger partial charge in [-0.25, -0.2) is 0 Å². The van der Waals surface area contributed by atoms with E-state index >= 15 is 0 Å². The lowest BCUT2D eigenvalue weighted by molar-refractivity contribution is -0.123. The minimum atomic E-state index is -0.429. The Morgan fingerprint density at radius 2 is 1.81 bits per heavy atom. The fraction of sp³-hybridized carbons (Fsp3) is 0.300. The third-order valence-electron chi connectivity index (χ3n) is 4.67. The monoisotopic (exact) mass is 478 g/mol. The molecule has 26 heavy (non-hydrogen) atoms. The summed E-state index contributed by atoms with van der Waals surface area (Å²) in [6.07, 6.45) is 1.93. The quantitative estimate of drug-likeness (QED) is 0.631. The molecule has 2 N–H and O–H groups in total. The molecule has 0 aromatic heterocycles. The fourth-order valence-electron chi connectivity index (χ4n) is 2.96. The second-order valence-corrected chi connectivity index (χ2v) is 8.44. The predicted octanol–water partition coefficient (Wildman–Crippen LogP) is 4.70. The Morgan fingerprint density at radius 1 is 1.08 bits per heavy atom. The van der Waals surface area contributed by atoms with E-state index in [9.17, 15) is 9.59 Å². The zero-order valence-electron chi connectivity index (χ0n) is 14.4. The van der Waals surface area contributed by atoms with Crippen LogP contribution in [0.5, 0.6) is 0 Å². The van der Waals surface area contributed by atoms with Crippen LogP contribution in [0.1, 0.15) is 30.4 Å². The molecule has 0 spiro atoms. The Labute approximate surface area is 170 Å². The summed E-state index contributed by atoms with van der Waals surface area (Å²) >= 11 is 6.86. The molecule has 136 valence electrons. The summed E-state index contributed by atoms with van der Waals surface area (Å²) < 4.78 is 1.88. The molecule has 3 rings (SSSR count). The van der Waals surface area contributed by atoms with Gasteiger partial charge in [-0.15, -0.1) is 0 Å². The van der Waals surface area contributed by atoms with Gasteiger partial charge in [0.2, 0.25) is 11.8 Å². The van der Waals surface area contributed by atoms with Crippen LogP contribution >= 0.6 is 31.9 Å². The van der Waals surface area contributed by atoms with Crippen LogP contribution in [0.4, 0.5) is 5.69 Å². The van der Waals surface area contributed by atoms with Gasteiger partial charge in [0, 0.05) is 27.6 Å². The molecule has 0 bridgehead atoms. The fourth-order valence-corrected chi connectivity index (χ4v) is 3.72. The first-order valence-electron chi connectivity index (χ1n) is 8.51. The standard InChI is InChI=1S/C20H20Br2N2O2/c1-13-5-6-16(22)12-17(13)24-18(25)7-10-23-19(26)20(8-9-20)14-3-2-4-15(21)11-14/h2-6,11-12H,7-10H2,1H3,(H,23,26)(H,24,25). The van der Waals surface area contributed by atoms with Gasteiger partial charge in [0.05, 0.1) is 5.41 Å². The van der Waals surface area contributed by atoms with Gasteiger partial charge in [-0.05, 0) is 55.2 Å². The Balaban J connectivity index is 1.52. The molecule has 0 radical (unpaired) electrons. The molecular formula is C20H20Br2N2O2. The van der Waals surface area contributed by atoms with Crippen LogP contribution in [0.2, 0.25) is 0 Å². The average Bonchev–Trinajstić information content (AvgIpc) is 3.40. The molecule has 2 aromatic carbocycles. The Morgan fingerprint density at radius 3 is 2.50 bits per heavy atom. The Bertz CT molecular complexity index is 847. The summed E-state index contributed by atoms with van der Waals surface area (Å²) in [4.78, 5) is 24.8. The summed E-state index contributed by atoms with van der Waals surface area (Å²) in [6.45, 7) is 2.27. The van der Waals surface area contributed by atoms with Gasteiger partial charge in [-0.3, -0.25) is 9.59 Å². The van der Waals surface area contributed by atoms with E-state index < -0.39 is 5.41 Å². The summed E-state index contributed by atoms with van der Waals surface area (Å²) in [7, 11) is 0. The maximum Gasteiger partial charge on any atom is 0.230 e. The highest BCUT2D eigenvalue weighted by atomic mass is 79.9. The van der Waals surface area contributed by atoms with Gasteiger partial charge < -0.3 is 10.6 Å². The molecule has 4 nitrogen and oxygen atoms in total. The predicted molar refractivity (Wildman–Crippen MR) is 110 cm³/mol. The normalized spacial score (nSPS) is 14.6. The maximum absolute atomic E-state index is 12.6. The van der Waals surface area contributed by atoms with Crippen molar-refractivity contribution in [2.45, 2.75) is 31.6 Å². The average molecular weight is 480 g/mol. The van der Waals surface area contributed by atoms with Crippen LogP contribution in [0.3, 0.4) is 0 Å². The number of rotatable bonds is 6. The van der Waals surface area contributed by atoms with Gasteiger partial charge in [-0.2, -0.15) is 0 Å². The molecule has 6 heteroatoms. The van der Waals surface area contributed by atoms with Crippen LogP contribution in [-0.2, 0) is 15.0 Å². The lowest BCUT2D eigenvalue weighted by atomic mass is 9.95. The third kappa shape index (κ3) is 4.35. The summed E-state index contributed by atoms with van der Waals surface area (Å²) in [5.74, 6) is -0.110. The smallest absolute Gasteiger partial charge is 0.230 e. The van der Waals surface area contributed by atoms with Crippen molar-refractivity contribution in [3.63, 3.8) is 0 Å². The number of benzene rings is 2. The highest BCUT2D eigenvalue weighted by Gasteiger charge is 2.51. The van der Waals surface area contributed by atoms with E-state index in [1.54, 1.807) is 0 Å². The molecule has 0 aliphatic heterocycles. The van der Waals surface area contributed by atoms with Crippen molar-refractivity contribution >= 4 is 49.4 Å². The molecule has 1 saturated carbocycles. The van der Waals surface area contributed by atoms with Crippen molar-refractivity contribution in [1.82, 2.24) is 5.32 Å². The van der Waals surface area contributed by atoms with E-state index in [4.69, 9.17) is 0 Å². The van der Waals surface area contributed by atoms with Crippen molar-refractivity contribution < 1.29 is 9.59 Å². The topological polar surface area (TPSA) is 58.2 Å². The molecule has 2 aromatic rings. The SMILES string of the molecule is Cc1ccc(Br)cc1NC(=O)CCNC(=O)C1(c2cccc(Br)c2)CC1. The maximum atomic E-state index is 12.6. The molecule has 2 amide bonds. The number of nitrogens with one attached hydrogen (secondary N) is 2. The van der Waals surface area contributed by atoms with Crippen LogP contribution in [0.25, 0.3) is 0 Å². The number of amides is 2. The zero-order valence-corrected chi connectivity index (χ0v) is 17.6. The van der Waals surface area contributed by atoms with Crippen molar-refractivity contribution in [2.75, 3.05) is 11.9 Å². The number of aryl methyl sites for hydroxylation is 1. The second kappa shape index (κ2) is 7.92. The Kier molecular flexibility index (Phi) is 5.82. The highest BCUT2D eigenvalue weighted by Crippen LogP contribution is 2.48. The zero-order chi connectivity index (χ0) is 18.7. The van der Waals surface area contributed by atoms with Gasteiger partial charge in [0.1, 0.15) is 0 Å². The van der Waals surface area contributed by atoms with Crippen LogP contribution in [-0.4, -0.2) is 18.4 Å². The van der Waals surface area contributed by atoms with Crippen molar-refractivity contribution in [1.29, 1.82) is 0 Å². The number of halogens is 2. The van der Waals surface area contributed by atoms with Crippen molar-refractivity contribution in [2.24, 2.45) is 0 Å². The van der Waals surface area contributed by atoms with Crippen molar-refractivity contribution in [3.8, 4) is 0 Å². The number of hydrogen-bond acceptors (Lipinski definition) is 2.